The van der Waals surface area contributed by atoms with Gasteiger partial charge in [-0.15, -0.1) is 0 Å². The van der Waals surface area contributed by atoms with Crippen LogP contribution in [0.5, 0.6) is 0 Å². The lowest BCUT2D eigenvalue weighted by Gasteiger charge is -2.13. The van der Waals surface area contributed by atoms with Gasteiger partial charge >= 0.3 is 0 Å². The highest BCUT2D eigenvalue weighted by atomic mass is 16.2. The summed E-state index contributed by atoms with van der Waals surface area (Å²) in [5.74, 6) is 0.0694. The van der Waals surface area contributed by atoms with Gasteiger partial charge in [-0.1, -0.05) is 13.8 Å². The molecule has 0 aromatic heterocycles. The number of ketones is 1. The molecule has 0 unspecified atom stereocenters. The second kappa shape index (κ2) is 7.90. The lowest BCUT2D eigenvalue weighted by Crippen LogP contribution is -2.31. The topological polar surface area (TPSA) is 66.5 Å². The fourth-order valence-corrected chi connectivity index (χ4v) is 2.96. The maximum absolute atomic E-state index is 12.3. The first-order valence-corrected chi connectivity index (χ1v) is 8.26. The molecule has 0 bridgehead atoms. The highest BCUT2D eigenvalue weighted by Gasteiger charge is 2.20. The van der Waals surface area contributed by atoms with Crippen molar-refractivity contribution in [2.75, 3.05) is 18.0 Å². The van der Waals surface area contributed by atoms with Crippen LogP contribution in [0.2, 0.25) is 0 Å². The van der Waals surface area contributed by atoms with Crippen molar-refractivity contribution >= 4 is 23.8 Å². The van der Waals surface area contributed by atoms with E-state index in [1.54, 1.807) is 11.0 Å². The highest BCUT2D eigenvalue weighted by Crippen LogP contribution is 2.27. The van der Waals surface area contributed by atoms with Gasteiger partial charge in [-0.3, -0.25) is 14.4 Å². The first-order chi connectivity index (χ1) is 11.1. The summed E-state index contributed by atoms with van der Waals surface area (Å²) in [4.78, 5) is 36.7. The Morgan fingerprint density at radius 3 is 2.70 bits per heavy atom. The SMILES string of the molecule is CCC(CC)C(=O)NCCC(=O)c1ccc2c(c1)CCN2C=O. The summed E-state index contributed by atoms with van der Waals surface area (Å²) in [7, 11) is 0. The van der Waals surface area contributed by atoms with Crippen molar-refractivity contribution in [2.24, 2.45) is 5.92 Å². The maximum Gasteiger partial charge on any atom is 0.223 e. The zero-order valence-corrected chi connectivity index (χ0v) is 13.8. The smallest absolute Gasteiger partial charge is 0.223 e. The molecule has 0 fully saturated rings. The summed E-state index contributed by atoms with van der Waals surface area (Å²) >= 11 is 0. The molecule has 0 aliphatic carbocycles. The molecule has 1 aromatic rings. The van der Waals surface area contributed by atoms with Crippen LogP contribution in [0.15, 0.2) is 18.2 Å². The van der Waals surface area contributed by atoms with Crippen LogP contribution in [-0.4, -0.2) is 31.2 Å². The normalized spacial score (nSPS) is 13.1. The third-order valence-corrected chi connectivity index (χ3v) is 4.47. The van der Waals surface area contributed by atoms with Crippen LogP contribution in [0, 0.1) is 5.92 Å². The van der Waals surface area contributed by atoms with E-state index in [-0.39, 0.29) is 17.6 Å². The van der Waals surface area contributed by atoms with Crippen LogP contribution in [0.4, 0.5) is 5.69 Å². The van der Waals surface area contributed by atoms with Gasteiger partial charge in [0.05, 0.1) is 0 Å². The minimum absolute atomic E-state index is 0.0159. The lowest BCUT2D eigenvalue weighted by atomic mass is 10.0. The van der Waals surface area contributed by atoms with E-state index >= 15 is 0 Å². The molecule has 2 amide bonds. The predicted molar refractivity (Wildman–Crippen MR) is 89.6 cm³/mol. The molecule has 2 rings (SSSR count). The van der Waals surface area contributed by atoms with E-state index in [0.717, 1.165) is 36.9 Å². The molecule has 1 aromatic carbocycles. The molecular weight excluding hydrogens is 292 g/mol. The van der Waals surface area contributed by atoms with Crippen molar-refractivity contribution < 1.29 is 14.4 Å². The number of carbonyl (C=O) groups excluding carboxylic acids is 3. The molecule has 5 nitrogen and oxygen atoms in total. The number of rotatable bonds is 8. The molecule has 0 saturated carbocycles. The van der Waals surface area contributed by atoms with Crippen LogP contribution < -0.4 is 10.2 Å². The molecule has 124 valence electrons. The number of benzene rings is 1. The van der Waals surface area contributed by atoms with E-state index < -0.39 is 0 Å². The van der Waals surface area contributed by atoms with Gasteiger partial charge in [0.1, 0.15) is 0 Å². The molecule has 5 heteroatoms. The van der Waals surface area contributed by atoms with Gasteiger partial charge < -0.3 is 10.2 Å². The molecular formula is C18H24N2O3. The second-order valence-electron chi connectivity index (χ2n) is 5.87. The van der Waals surface area contributed by atoms with Gasteiger partial charge in [-0.25, -0.2) is 0 Å². The van der Waals surface area contributed by atoms with Gasteiger partial charge in [-0.2, -0.15) is 0 Å². The van der Waals surface area contributed by atoms with Gasteiger partial charge in [0.25, 0.3) is 0 Å². The third kappa shape index (κ3) is 3.97. The summed E-state index contributed by atoms with van der Waals surface area (Å²) in [6.45, 7) is 5.02. The highest BCUT2D eigenvalue weighted by molar-refractivity contribution is 5.97. The molecule has 23 heavy (non-hydrogen) atoms. The van der Waals surface area contributed by atoms with Crippen molar-refractivity contribution in [3.63, 3.8) is 0 Å². The largest absolute Gasteiger partial charge is 0.355 e. The number of amides is 2. The molecule has 1 aliphatic heterocycles. The molecule has 1 heterocycles. The van der Waals surface area contributed by atoms with Crippen molar-refractivity contribution in [3.05, 3.63) is 29.3 Å². The second-order valence-corrected chi connectivity index (χ2v) is 5.87. The third-order valence-electron chi connectivity index (χ3n) is 4.47. The fourth-order valence-electron chi connectivity index (χ4n) is 2.96. The summed E-state index contributed by atoms with van der Waals surface area (Å²) in [5, 5.41) is 2.84. The zero-order chi connectivity index (χ0) is 16.8. The van der Waals surface area contributed by atoms with E-state index in [1.165, 1.54) is 0 Å². The average molecular weight is 316 g/mol. The van der Waals surface area contributed by atoms with Crippen LogP contribution in [0.25, 0.3) is 0 Å². The summed E-state index contributed by atoms with van der Waals surface area (Å²) < 4.78 is 0. The predicted octanol–water partition coefficient (Wildman–Crippen LogP) is 2.33. The number of nitrogens with zero attached hydrogens (tertiary/aromatic N) is 1. The Bertz CT molecular complexity index is 594. The number of hydrogen-bond acceptors (Lipinski definition) is 3. The summed E-state index contributed by atoms with van der Waals surface area (Å²) in [6, 6.07) is 5.45. The first kappa shape index (κ1) is 17.2. The molecule has 1 aliphatic rings. The van der Waals surface area contributed by atoms with Gasteiger partial charge in [0.2, 0.25) is 12.3 Å². The van der Waals surface area contributed by atoms with Crippen LogP contribution in [-0.2, 0) is 16.0 Å². The Morgan fingerprint density at radius 2 is 2.04 bits per heavy atom. The standard InChI is InChI=1S/C18H24N2O3/c1-3-13(4-2)18(23)19-9-7-17(22)15-5-6-16-14(11-15)8-10-20(16)12-21/h5-6,11-13H,3-4,7-10H2,1-2H3,(H,19,23). The minimum Gasteiger partial charge on any atom is -0.355 e. The Morgan fingerprint density at radius 1 is 1.30 bits per heavy atom. The van der Waals surface area contributed by atoms with E-state index in [1.807, 2.05) is 26.0 Å². The Kier molecular flexibility index (Phi) is 5.90. The molecule has 0 atom stereocenters. The van der Waals surface area contributed by atoms with Crippen molar-refractivity contribution in [1.29, 1.82) is 0 Å². The number of anilines is 1. The molecule has 0 radical (unpaired) electrons. The Labute approximate surface area is 137 Å². The van der Waals surface area contributed by atoms with E-state index in [0.29, 0.717) is 25.1 Å². The van der Waals surface area contributed by atoms with Gasteiger partial charge in [0, 0.05) is 36.7 Å². The van der Waals surface area contributed by atoms with Crippen LogP contribution in [0.3, 0.4) is 0 Å². The van der Waals surface area contributed by atoms with Crippen molar-refractivity contribution in [1.82, 2.24) is 5.32 Å². The maximum atomic E-state index is 12.3. The summed E-state index contributed by atoms with van der Waals surface area (Å²) in [6.07, 6.45) is 3.52. The molecule has 0 saturated heterocycles. The lowest BCUT2D eigenvalue weighted by molar-refractivity contribution is -0.125. The van der Waals surface area contributed by atoms with Crippen molar-refractivity contribution in [2.45, 2.75) is 39.5 Å². The monoisotopic (exact) mass is 316 g/mol. The van der Waals surface area contributed by atoms with Crippen LogP contribution in [0.1, 0.15) is 49.0 Å². The molecule has 0 spiro atoms. The first-order valence-electron chi connectivity index (χ1n) is 8.26. The van der Waals surface area contributed by atoms with Crippen LogP contribution >= 0.6 is 0 Å². The zero-order valence-electron chi connectivity index (χ0n) is 13.8. The Hall–Kier alpha value is -2.17. The number of fused-ring (bicyclic) bond motifs is 1. The number of hydrogen-bond donors (Lipinski definition) is 1. The van der Waals surface area contributed by atoms with E-state index in [9.17, 15) is 14.4 Å². The Balaban J connectivity index is 1.90. The van der Waals surface area contributed by atoms with Gasteiger partial charge in [-0.05, 0) is 43.0 Å². The number of Topliss-reactive ketones (excluding diaryl/α,β-unsaturated/α-hetero) is 1. The van der Waals surface area contributed by atoms with E-state index in [4.69, 9.17) is 0 Å². The number of nitrogens with one attached hydrogen (secondary N) is 1. The quantitative estimate of drug-likeness (QED) is 0.591. The van der Waals surface area contributed by atoms with Gasteiger partial charge in [0.15, 0.2) is 5.78 Å². The van der Waals surface area contributed by atoms with E-state index in [2.05, 4.69) is 5.32 Å². The minimum atomic E-state index is 0.0159. The average Bonchev–Trinajstić information content (AvgIpc) is 2.98. The fraction of sp³-hybridized carbons (Fsp3) is 0.500. The van der Waals surface area contributed by atoms with Crippen molar-refractivity contribution in [3.8, 4) is 0 Å². The summed E-state index contributed by atoms with van der Waals surface area (Å²) in [5.41, 5.74) is 2.57. The number of carbonyl (C=O) groups is 3. The molecule has 1 N–H and O–H groups in total.